The van der Waals surface area contributed by atoms with Crippen LogP contribution in [0.1, 0.15) is 2.85 Å². The molecule has 0 aliphatic carbocycles. The Labute approximate surface area is 85.2 Å². The van der Waals surface area contributed by atoms with Crippen LogP contribution in [0.25, 0.3) is 0 Å². The van der Waals surface area contributed by atoms with Gasteiger partial charge in [0, 0.05) is 0 Å². The van der Waals surface area contributed by atoms with Crippen molar-refractivity contribution in [2.45, 2.75) is 0 Å². The monoisotopic (exact) mass is 114 g/mol. The van der Waals surface area contributed by atoms with Gasteiger partial charge in [-0.2, -0.15) is 12.6 Å². The normalized spacial score (nSPS) is 1.20. The summed E-state index contributed by atoms with van der Waals surface area (Å²) in [5.41, 5.74) is 0. The summed E-state index contributed by atoms with van der Waals surface area (Å²) in [6, 6.07) is 0. The third-order valence-corrected chi connectivity index (χ3v) is 0. The molecule has 0 saturated heterocycles. The molecule has 0 atom stereocenters. The summed E-state index contributed by atoms with van der Waals surface area (Å²) in [6.45, 7) is 0. The first kappa shape index (κ1) is 26.6. The zero-order chi connectivity index (χ0) is 2.00. The first-order chi connectivity index (χ1) is 1.00. The standard InChI is InChI=1S/CH4S.2Na.H2O.2H/c1-2;;;;;/h2H,1H3;;;1H2;;/q;2*+1;;2*-1. The third kappa shape index (κ3) is 22.0. The topological polar surface area (TPSA) is 31.5 Å². The smallest absolute Gasteiger partial charge is 1.00 e. The zero-order valence-corrected chi connectivity index (χ0v) is 8.84. The van der Waals surface area contributed by atoms with Crippen LogP contribution in [0, 0.1) is 0 Å². The Morgan fingerprint density at radius 3 is 1.20 bits per heavy atom. The molecule has 0 aliphatic rings. The Hall–Kier alpha value is 2.31. The molecule has 1 nitrogen and oxygen atoms in total. The van der Waals surface area contributed by atoms with E-state index in [9.17, 15) is 0 Å². The molecule has 0 aromatic rings. The quantitative estimate of drug-likeness (QED) is 0.240. The van der Waals surface area contributed by atoms with E-state index in [4.69, 9.17) is 0 Å². The maximum Gasteiger partial charge on any atom is 1.00 e. The molecule has 0 saturated carbocycles. The Kier molecular flexibility index (Phi) is 177. The van der Waals surface area contributed by atoms with E-state index < -0.39 is 0 Å². The Morgan fingerprint density at radius 2 is 1.20 bits per heavy atom. The average Bonchev–Trinajstić information content (AvgIpc) is 1.00. The Morgan fingerprint density at radius 1 is 1.20 bits per heavy atom. The van der Waals surface area contributed by atoms with Crippen LogP contribution in [0.4, 0.5) is 0 Å². The van der Waals surface area contributed by atoms with Crippen molar-refractivity contribution in [3.05, 3.63) is 0 Å². The van der Waals surface area contributed by atoms with Crippen molar-refractivity contribution in [1.82, 2.24) is 0 Å². The minimum Gasteiger partial charge on any atom is -1.00 e. The van der Waals surface area contributed by atoms with Crippen molar-refractivity contribution >= 4 is 12.6 Å². The van der Waals surface area contributed by atoms with Crippen molar-refractivity contribution in [1.29, 1.82) is 0 Å². The predicted octanol–water partition coefficient (Wildman–Crippen LogP) is -6.05. The van der Waals surface area contributed by atoms with E-state index in [-0.39, 0.29) is 67.4 Å². The predicted molar refractivity (Wildman–Crippen MR) is 20.7 cm³/mol. The van der Waals surface area contributed by atoms with Gasteiger partial charge in [0.05, 0.1) is 0 Å². The second-order valence-electron chi connectivity index (χ2n) is 0. The maximum absolute atomic E-state index is 3.53. The number of hydrogen-bond acceptors (Lipinski definition) is 1. The number of hydrogen-bond donors (Lipinski definition) is 1. The zero-order valence-electron chi connectivity index (χ0n) is 5.95. The van der Waals surface area contributed by atoms with Gasteiger partial charge in [0.25, 0.3) is 0 Å². The average molecular weight is 114 g/mol. The molecule has 0 radical (unpaired) electrons. The van der Waals surface area contributed by atoms with Crippen LogP contribution in [-0.4, -0.2) is 11.7 Å². The molecule has 0 unspecified atom stereocenters. The van der Waals surface area contributed by atoms with Crippen molar-refractivity contribution in [3.8, 4) is 0 Å². The molecule has 0 heterocycles. The van der Waals surface area contributed by atoms with Gasteiger partial charge in [-0.1, -0.05) is 0 Å². The summed E-state index contributed by atoms with van der Waals surface area (Å²) >= 11 is 3.53. The van der Waals surface area contributed by atoms with Gasteiger partial charge >= 0.3 is 59.1 Å². The summed E-state index contributed by atoms with van der Waals surface area (Å²) in [4.78, 5) is 0. The molecule has 5 heavy (non-hydrogen) atoms. The summed E-state index contributed by atoms with van der Waals surface area (Å²) in [6.07, 6.45) is 1.69. The molecule has 0 fully saturated rings. The Balaban J connectivity index is -0.000000000500. The van der Waals surface area contributed by atoms with Crippen molar-refractivity contribution in [2.24, 2.45) is 0 Å². The molecule has 0 amide bonds. The molecule has 0 aliphatic heterocycles. The molecular weight excluding hydrogens is 106 g/mol. The van der Waals surface area contributed by atoms with Gasteiger partial charge in [-0.15, -0.1) is 0 Å². The van der Waals surface area contributed by atoms with Crippen molar-refractivity contribution < 1.29 is 67.4 Å². The molecule has 4 heteroatoms. The van der Waals surface area contributed by atoms with E-state index in [0.717, 1.165) is 0 Å². The second kappa shape index (κ2) is 33.3. The van der Waals surface area contributed by atoms with Gasteiger partial charge in [0.15, 0.2) is 0 Å². The first-order valence-electron chi connectivity index (χ1n) is 0.447. The summed E-state index contributed by atoms with van der Waals surface area (Å²) in [7, 11) is 0. The van der Waals surface area contributed by atoms with Gasteiger partial charge in [0.1, 0.15) is 0 Å². The third-order valence-electron chi connectivity index (χ3n) is 0. The molecule has 26 valence electrons. The van der Waals surface area contributed by atoms with E-state index in [1.165, 1.54) is 0 Å². The summed E-state index contributed by atoms with van der Waals surface area (Å²) in [5.74, 6) is 0. The van der Waals surface area contributed by atoms with Gasteiger partial charge in [-0.3, -0.25) is 0 Å². The van der Waals surface area contributed by atoms with Crippen LogP contribution in [0.2, 0.25) is 0 Å². The first-order valence-corrected chi connectivity index (χ1v) is 1.34. The summed E-state index contributed by atoms with van der Waals surface area (Å²) < 4.78 is 0. The SMILES string of the molecule is CS.O.[H-].[H-].[Na+].[Na+]. The molecular formula is CH8Na2OS. The van der Waals surface area contributed by atoms with Gasteiger partial charge in [-0.25, -0.2) is 0 Å². The minimum absolute atomic E-state index is 0. The number of rotatable bonds is 0. The van der Waals surface area contributed by atoms with E-state index in [2.05, 4.69) is 12.6 Å². The molecule has 0 aromatic heterocycles. The van der Waals surface area contributed by atoms with Crippen LogP contribution in [0.5, 0.6) is 0 Å². The van der Waals surface area contributed by atoms with Crippen molar-refractivity contribution in [3.63, 3.8) is 0 Å². The van der Waals surface area contributed by atoms with Gasteiger partial charge in [0.2, 0.25) is 0 Å². The van der Waals surface area contributed by atoms with E-state index >= 15 is 0 Å². The van der Waals surface area contributed by atoms with Crippen LogP contribution in [0.3, 0.4) is 0 Å². The van der Waals surface area contributed by atoms with Crippen LogP contribution >= 0.6 is 12.6 Å². The maximum atomic E-state index is 3.53. The molecule has 0 aromatic carbocycles. The molecule has 0 rings (SSSR count). The second-order valence-corrected chi connectivity index (χ2v) is 0. The fraction of sp³-hybridized carbons (Fsp3) is 1.00. The van der Waals surface area contributed by atoms with Crippen LogP contribution in [0.15, 0.2) is 0 Å². The van der Waals surface area contributed by atoms with Crippen LogP contribution < -0.4 is 59.1 Å². The van der Waals surface area contributed by atoms with Crippen molar-refractivity contribution in [2.75, 3.05) is 6.26 Å². The Bertz CT molecular complexity index is 15.7. The summed E-state index contributed by atoms with van der Waals surface area (Å²) in [5, 5.41) is 0. The molecule has 0 bridgehead atoms. The fourth-order valence-electron chi connectivity index (χ4n) is 0. The van der Waals surface area contributed by atoms with Gasteiger partial charge < -0.3 is 8.33 Å². The molecule has 2 N–H and O–H groups in total. The van der Waals surface area contributed by atoms with Gasteiger partial charge in [-0.05, 0) is 6.26 Å². The number of thiol groups is 1. The van der Waals surface area contributed by atoms with E-state index in [1.807, 2.05) is 0 Å². The minimum atomic E-state index is 0. The van der Waals surface area contributed by atoms with E-state index in [0.29, 0.717) is 0 Å². The molecule has 0 spiro atoms. The van der Waals surface area contributed by atoms with E-state index in [1.54, 1.807) is 6.26 Å². The van der Waals surface area contributed by atoms with Crippen LogP contribution in [-0.2, 0) is 0 Å². The fourth-order valence-corrected chi connectivity index (χ4v) is 0. The largest absolute Gasteiger partial charge is 1.00 e.